The summed E-state index contributed by atoms with van der Waals surface area (Å²) in [6, 6.07) is 16.6. The third-order valence-electron chi connectivity index (χ3n) is 4.72. The second-order valence-corrected chi connectivity index (χ2v) is 9.30. The van der Waals surface area contributed by atoms with E-state index in [-0.39, 0.29) is 18.4 Å². The molecule has 3 aromatic rings. The molecule has 0 fully saturated rings. The molecule has 8 heteroatoms. The van der Waals surface area contributed by atoms with Crippen molar-refractivity contribution in [2.24, 2.45) is 5.10 Å². The van der Waals surface area contributed by atoms with Gasteiger partial charge < -0.3 is 10.1 Å². The lowest BCUT2D eigenvalue weighted by Gasteiger charge is -2.13. The lowest BCUT2D eigenvalue weighted by molar-refractivity contribution is -0.118. The maximum Gasteiger partial charge on any atom is 0.271 e. The van der Waals surface area contributed by atoms with E-state index in [1.807, 2.05) is 51.1 Å². The number of hydrogen-bond acceptors (Lipinski definition) is 4. The summed E-state index contributed by atoms with van der Waals surface area (Å²) < 4.78 is 7.22. The quantitative estimate of drug-likeness (QED) is 0.272. The van der Waals surface area contributed by atoms with Crippen molar-refractivity contribution in [2.75, 3.05) is 11.9 Å². The van der Waals surface area contributed by atoms with Crippen LogP contribution in [0.1, 0.15) is 32.6 Å². The number of nitrogens with zero attached hydrogens (tertiary/aromatic N) is 1. The Labute approximate surface area is 209 Å². The van der Waals surface area contributed by atoms with Gasteiger partial charge in [-0.15, -0.1) is 0 Å². The Morgan fingerprint density at radius 1 is 0.970 bits per heavy atom. The minimum Gasteiger partial charge on any atom is -0.482 e. The Bertz CT molecular complexity index is 1210. The van der Waals surface area contributed by atoms with Crippen molar-refractivity contribution in [3.63, 3.8) is 0 Å². The average molecular weight is 573 g/mol. The van der Waals surface area contributed by atoms with Crippen molar-refractivity contribution < 1.29 is 14.3 Å². The van der Waals surface area contributed by atoms with Crippen LogP contribution >= 0.6 is 31.9 Å². The largest absolute Gasteiger partial charge is 0.482 e. The number of halogens is 2. The third kappa shape index (κ3) is 7.00. The molecular weight excluding hydrogens is 550 g/mol. The smallest absolute Gasteiger partial charge is 0.271 e. The van der Waals surface area contributed by atoms with Crippen LogP contribution in [0, 0.1) is 20.8 Å². The Morgan fingerprint density at radius 2 is 1.67 bits per heavy atom. The summed E-state index contributed by atoms with van der Waals surface area (Å²) in [5.74, 6) is -0.176. The van der Waals surface area contributed by atoms with E-state index in [1.165, 1.54) is 6.21 Å². The standard InChI is InChI=1S/C25H23Br2N3O3/c1-15-4-7-18(8-5-15)25(32)30-28-13-19-11-20(26)12-21(27)24(19)33-14-23(31)29-22-9-6-16(2)10-17(22)3/h4-13H,14H2,1-3H3,(H,29,31)(H,30,32)/b28-13+. The van der Waals surface area contributed by atoms with Crippen molar-refractivity contribution >= 4 is 55.6 Å². The first kappa shape index (κ1) is 24.7. The normalized spacial score (nSPS) is 10.8. The van der Waals surface area contributed by atoms with Gasteiger partial charge in [0.25, 0.3) is 11.8 Å². The number of hydrazone groups is 1. The molecule has 170 valence electrons. The van der Waals surface area contributed by atoms with Crippen molar-refractivity contribution in [1.29, 1.82) is 0 Å². The SMILES string of the molecule is Cc1ccc(C(=O)N/N=C/c2cc(Br)cc(Br)c2OCC(=O)Nc2ccc(C)cc2C)cc1. The Hall–Kier alpha value is -2.97. The topological polar surface area (TPSA) is 79.8 Å². The zero-order valence-electron chi connectivity index (χ0n) is 18.4. The summed E-state index contributed by atoms with van der Waals surface area (Å²) in [4.78, 5) is 24.7. The number of ether oxygens (including phenoxy) is 1. The number of anilines is 1. The zero-order valence-corrected chi connectivity index (χ0v) is 21.6. The van der Waals surface area contributed by atoms with Gasteiger partial charge in [0.1, 0.15) is 5.75 Å². The maximum atomic E-state index is 12.4. The second kappa shape index (κ2) is 11.2. The van der Waals surface area contributed by atoms with E-state index in [9.17, 15) is 9.59 Å². The van der Waals surface area contributed by atoms with Crippen LogP contribution in [0.4, 0.5) is 5.69 Å². The van der Waals surface area contributed by atoms with Crippen LogP contribution in [0.5, 0.6) is 5.75 Å². The lowest BCUT2D eigenvalue weighted by Crippen LogP contribution is -2.21. The van der Waals surface area contributed by atoms with Crippen LogP contribution < -0.4 is 15.5 Å². The number of amides is 2. The van der Waals surface area contributed by atoms with Crippen molar-refractivity contribution in [2.45, 2.75) is 20.8 Å². The minimum atomic E-state index is -0.323. The lowest BCUT2D eigenvalue weighted by atomic mass is 10.1. The number of nitrogens with one attached hydrogen (secondary N) is 2. The summed E-state index contributed by atoms with van der Waals surface area (Å²) in [5, 5.41) is 6.91. The molecule has 0 atom stereocenters. The molecule has 2 N–H and O–H groups in total. The van der Waals surface area contributed by atoms with Crippen LogP contribution in [0.2, 0.25) is 0 Å². The molecule has 33 heavy (non-hydrogen) atoms. The summed E-state index contributed by atoms with van der Waals surface area (Å²) in [5.41, 5.74) is 7.51. The fourth-order valence-electron chi connectivity index (χ4n) is 3.04. The highest BCUT2D eigenvalue weighted by Gasteiger charge is 2.13. The monoisotopic (exact) mass is 571 g/mol. The highest BCUT2D eigenvalue weighted by atomic mass is 79.9. The van der Waals surface area contributed by atoms with Gasteiger partial charge in [-0.05, 0) is 72.6 Å². The van der Waals surface area contributed by atoms with E-state index >= 15 is 0 Å². The van der Waals surface area contributed by atoms with Gasteiger partial charge in [0.15, 0.2) is 6.61 Å². The van der Waals surface area contributed by atoms with Gasteiger partial charge in [-0.3, -0.25) is 9.59 Å². The molecule has 0 saturated carbocycles. The first-order chi connectivity index (χ1) is 15.7. The summed E-state index contributed by atoms with van der Waals surface area (Å²) >= 11 is 6.90. The Morgan fingerprint density at radius 3 is 2.36 bits per heavy atom. The molecule has 2 amide bonds. The number of hydrogen-bond donors (Lipinski definition) is 2. The first-order valence-corrected chi connectivity index (χ1v) is 11.7. The van der Waals surface area contributed by atoms with Crippen LogP contribution in [0.15, 0.2) is 68.6 Å². The van der Waals surface area contributed by atoms with Gasteiger partial charge in [0.2, 0.25) is 0 Å². The summed E-state index contributed by atoms with van der Waals surface area (Å²) in [7, 11) is 0. The molecule has 0 aromatic heterocycles. The molecule has 0 saturated heterocycles. The number of carbonyl (C=O) groups excluding carboxylic acids is 2. The molecule has 3 aromatic carbocycles. The van der Waals surface area contributed by atoms with E-state index in [1.54, 1.807) is 24.3 Å². The van der Waals surface area contributed by atoms with Crippen molar-refractivity contribution in [1.82, 2.24) is 5.43 Å². The molecule has 0 unspecified atom stereocenters. The maximum absolute atomic E-state index is 12.4. The highest BCUT2D eigenvalue weighted by molar-refractivity contribution is 9.11. The molecular formula is C25H23Br2N3O3. The predicted molar refractivity (Wildman–Crippen MR) is 138 cm³/mol. The summed E-state index contributed by atoms with van der Waals surface area (Å²) in [6.45, 7) is 5.70. The van der Waals surface area contributed by atoms with Gasteiger partial charge in [0.05, 0.1) is 10.7 Å². The highest BCUT2D eigenvalue weighted by Crippen LogP contribution is 2.32. The van der Waals surface area contributed by atoms with Crippen molar-refractivity contribution in [3.05, 3.63) is 91.4 Å². The van der Waals surface area contributed by atoms with Gasteiger partial charge in [-0.1, -0.05) is 51.3 Å². The molecule has 0 aliphatic heterocycles. The van der Waals surface area contributed by atoms with Gasteiger partial charge in [0, 0.05) is 21.3 Å². The Kier molecular flexibility index (Phi) is 8.41. The van der Waals surface area contributed by atoms with Gasteiger partial charge in [-0.25, -0.2) is 5.43 Å². The van der Waals surface area contributed by atoms with Crippen LogP contribution in [0.25, 0.3) is 0 Å². The fourth-order valence-corrected chi connectivity index (χ4v) is 4.41. The molecule has 0 heterocycles. The van der Waals surface area contributed by atoms with E-state index in [0.717, 1.165) is 26.9 Å². The molecule has 0 aliphatic rings. The molecule has 0 spiro atoms. The van der Waals surface area contributed by atoms with Crippen LogP contribution in [-0.4, -0.2) is 24.6 Å². The first-order valence-electron chi connectivity index (χ1n) is 10.1. The predicted octanol–water partition coefficient (Wildman–Crippen LogP) is 5.92. The zero-order chi connectivity index (χ0) is 24.0. The van der Waals surface area contributed by atoms with E-state index in [0.29, 0.717) is 21.3 Å². The Balaban J connectivity index is 1.68. The van der Waals surface area contributed by atoms with Gasteiger partial charge in [-0.2, -0.15) is 5.10 Å². The molecule has 0 aliphatic carbocycles. The van der Waals surface area contributed by atoms with Crippen LogP contribution in [-0.2, 0) is 4.79 Å². The van der Waals surface area contributed by atoms with E-state index in [2.05, 4.69) is 47.7 Å². The van der Waals surface area contributed by atoms with Gasteiger partial charge >= 0.3 is 0 Å². The minimum absolute atomic E-state index is 0.190. The molecule has 0 radical (unpaired) electrons. The molecule has 0 bridgehead atoms. The van der Waals surface area contributed by atoms with Crippen LogP contribution in [0.3, 0.4) is 0 Å². The average Bonchev–Trinajstić information content (AvgIpc) is 2.75. The number of rotatable bonds is 7. The molecule has 3 rings (SSSR count). The second-order valence-electron chi connectivity index (χ2n) is 7.53. The number of benzene rings is 3. The molecule has 6 nitrogen and oxygen atoms in total. The fraction of sp³-hybridized carbons (Fsp3) is 0.160. The third-order valence-corrected chi connectivity index (χ3v) is 5.77. The van der Waals surface area contributed by atoms with Crippen molar-refractivity contribution in [3.8, 4) is 5.75 Å². The number of carbonyl (C=O) groups is 2. The van der Waals surface area contributed by atoms with E-state index < -0.39 is 0 Å². The summed E-state index contributed by atoms with van der Waals surface area (Å²) in [6.07, 6.45) is 1.47. The number of aryl methyl sites for hydroxylation is 3. The van der Waals surface area contributed by atoms with E-state index in [4.69, 9.17) is 4.74 Å².